The lowest BCUT2D eigenvalue weighted by Crippen LogP contribution is -2.38. The van der Waals surface area contributed by atoms with Crippen LogP contribution in [0.1, 0.15) is 42.1 Å². The molecule has 0 amide bonds. The van der Waals surface area contributed by atoms with E-state index in [2.05, 4.69) is 90.7 Å². The first-order chi connectivity index (χ1) is 12.8. The van der Waals surface area contributed by atoms with Crippen molar-refractivity contribution in [2.75, 3.05) is 28.2 Å². The molecule has 6 nitrogen and oxygen atoms in total. The van der Waals surface area contributed by atoms with Crippen molar-refractivity contribution in [1.29, 1.82) is 0 Å². The summed E-state index contributed by atoms with van der Waals surface area (Å²) in [5.41, 5.74) is 4.97. The van der Waals surface area contributed by atoms with Crippen molar-refractivity contribution in [3.63, 3.8) is 0 Å². The fourth-order valence-corrected chi connectivity index (χ4v) is 3.26. The molecule has 2 rings (SSSR count). The Kier molecular flexibility index (Phi) is 9.95. The quantitative estimate of drug-likeness (QED) is 0.361. The van der Waals surface area contributed by atoms with Crippen molar-refractivity contribution < 1.29 is 0 Å². The van der Waals surface area contributed by atoms with Gasteiger partial charge in [-0.15, -0.1) is 24.0 Å². The molecule has 0 aliphatic heterocycles. The molecule has 0 saturated carbocycles. The van der Waals surface area contributed by atoms with Crippen molar-refractivity contribution in [2.45, 2.75) is 39.4 Å². The third-order valence-electron chi connectivity index (χ3n) is 4.41. The van der Waals surface area contributed by atoms with Crippen LogP contribution in [0.15, 0.2) is 35.5 Å². The minimum Gasteiger partial charge on any atom is -0.352 e. The molecule has 0 aliphatic carbocycles. The molecule has 0 fully saturated rings. The molecule has 0 bridgehead atoms. The van der Waals surface area contributed by atoms with Crippen molar-refractivity contribution in [1.82, 2.24) is 24.9 Å². The van der Waals surface area contributed by atoms with Gasteiger partial charge in [0.2, 0.25) is 0 Å². The highest BCUT2D eigenvalue weighted by molar-refractivity contribution is 14.0. The molecule has 0 aliphatic rings. The SMILES string of the molecule is CN=C(NCc1cccc(CN(C)C)c1)N(C)Cc1cn(C)nc1C(C)C.I. The highest BCUT2D eigenvalue weighted by atomic mass is 127. The Balaban J connectivity index is 0.00000392. The zero-order valence-corrected chi connectivity index (χ0v) is 20.6. The van der Waals surface area contributed by atoms with E-state index in [1.165, 1.54) is 16.7 Å². The number of aromatic nitrogens is 2. The van der Waals surface area contributed by atoms with Gasteiger partial charge in [-0.1, -0.05) is 38.1 Å². The molecule has 0 saturated heterocycles. The maximum Gasteiger partial charge on any atom is 0.193 e. The fraction of sp³-hybridized carbons (Fsp3) is 0.524. The number of benzene rings is 1. The van der Waals surface area contributed by atoms with Crippen LogP contribution in [0.2, 0.25) is 0 Å². The molecule has 1 N–H and O–H groups in total. The topological polar surface area (TPSA) is 48.7 Å². The first-order valence-corrected chi connectivity index (χ1v) is 9.47. The second-order valence-corrected chi connectivity index (χ2v) is 7.68. The Morgan fingerprint density at radius 3 is 2.46 bits per heavy atom. The van der Waals surface area contributed by atoms with Crippen LogP contribution in [-0.4, -0.2) is 53.7 Å². The predicted molar refractivity (Wildman–Crippen MR) is 128 cm³/mol. The lowest BCUT2D eigenvalue weighted by atomic mass is 10.1. The van der Waals surface area contributed by atoms with Gasteiger partial charge < -0.3 is 15.1 Å². The van der Waals surface area contributed by atoms with E-state index in [1.807, 2.05) is 18.8 Å². The fourth-order valence-electron chi connectivity index (χ4n) is 3.26. The average Bonchev–Trinajstić information content (AvgIpc) is 2.95. The summed E-state index contributed by atoms with van der Waals surface area (Å²) >= 11 is 0. The van der Waals surface area contributed by atoms with Crippen LogP contribution in [0.5, 0.6) is 0 Å². The van der Waals surface area contributed by atoms with Crippen molar-refractivity contribution in [3.05, 3.63) is 52.8 Å². The number of rotatable bonds is 7. The van der Waals surface area contributed by atoms with Gasteiger partial charge in [-0.05, 0) is 31.1 Å². The summed E-state index contributed by atoms with van der Waals surface area (Å²) in [5, 5.41) is 8.08. The van der Waals surface area contributed by atoms with Crippen molar-refractivity contribution in [3.8, 4) is 0 Å². The Hall–Kier alpha value is -1.61. The van der Waals surface area contributed by atoms with Gasteiger partial charge in [-0.25, -0.2) is 0 Å². The maximum absolute atomic E-state index is 4.60. The lowest BCUT2D eigenvalue weighted by Gasteiger charge is -2.22. The minimum atomic E-state index is 0. The molecule has 0 atom stereocenters. The highest BCUT2D eigenvalue weighted by Crippen LogP contribution is 2.18. The van der Waals surface area contributed by atoms with Crippen LogP contribution in [-0.2, 0) is 26.7 Å². The monoisotopic (exact) mass is 498 g/mol. The summed E-state index contributed by atoms with van der Waals surface area (Å²) in [6, 6.07) is 8.68. The van der Waals surface area contributed by atoms with E-state index in [-0.39, 0.29) is 24.0 Å². The maximum atomic E-state index is 4.60. The average molecular weight is 498 g/mol. The van der Waals surface area contributed by atoms with Crippen molar-refractivity contribution >= 4 is 29.9 Å². The van der Waals surface area contributed by atoms with E-state index in [0.717, 1.165) is 31.3 Å². The second-order valence-electron chi connectivity index (χ2n) is 7.68. The number of aryl methyl sites for hydroxylation is 1. The molecule has 7 heteroatoms. The van der Waals surface area contributed by atoms with Gasteiger partial charge in [0.1, 0.15) is 0 Å². The van der Waals surface area contributed by atoms with Crippen LogP contribution in [0.4, 0.5) is 0 Å². The first-order valence-electron chi connectivity index (χ1n) is 9.47. The van der Waals surface area contributed by atoms with E-state index in [9.17, 15) is 0 Å². The number of aliphatic imine (C=N–C) groups is 1. The Morgan fingerprint density at radius 2 is 1.86 bits per heavy atom. The predicted octanol–water partition coefficient (Wildman–Crippen LogP) is 3.43. The van der Waals surface area contributed by atoms with Crippen LogP contribution in [0, 0.1) is 0 Å². The molecule has 28 heavy (non-hydrogen) atoms. The number of hydrogen-bond donors (Lipinski definition) is 1. The number of hydrogen-bond acceptors (Lipinski definition) is 3. The molecule has 156 valence electrons. The van der Waals surface area contributed by atoms with Gasteiger partial charge in [0.05, 0.1) is 5.69 Å². The molecule has 1 aromatic heterocycles. The van der Waals surface area contributed by atoms with Gasteiger partial charge in [-0.2, -0.15) is 5.10 Å². The normalized spacial score (nSPS) is 11.7. The Bertz CT molecular complexity index is 766. The van der Waals surface area contributed by atoms with E-state index in [1.54, 1.807) is 0 Å². The third kappa shape index (κ3) is 7.09. The van der Waals surface area contributed by atoms with Crippen LogP contribution < -0.4 is 5.32 Å². The Morgan fingerprint density at radius 1 is 1.18 bits per heavy atom. The summed E-state index contributed by atoms with van der Waals surface area (Å²) in [6.07, 6.45) is 2.10. The first kappa shape index (κ1) is 24.4. The molecule has 0 spiro atoms. The summed E-state index contributed by atoms with van der Waals surface area (Å²) in [6.45, 7) is 6.84. The molecule has 2 aromatic rings. The zero-order chi connectivity index (χ0) is 20.0. The van der Waals surface area contributed by atoms with Crippen LogP contribution in [0.25, 0.3) is 0 Å². The molecular formula is C21H35IN6. The summed E-state index contributed by atoms with van der Waals surface area (Å²) in [4.78, 5) is 8.77. The largest absolute Gasteiger partial charge is 0.352 e. The van der Waals surface area contributed by atoms with Gasteiger partial charge in [0.15, 0.2) is 5.96 Å². The molecule has 0 radical (unpaired) electrons. The standard InChI is InChI=1S/C21H34N6.HI/c1-16(2)20-19(15-27(7)24-20)14-26(6)21(22-3)23-12-17-9-8-10-18(11-17)13-25(4)5;/h8-11,15-16H,12-14H2,1-7H3,(H,22,23);1H. The zero-order valence-electron chi connectivity index (χ0n) is 18.2. The number of nitrogens with zero attached hydrogens (tertiary/aromatic N) is 5. The van der Waals surface area contributed by atoms with E-state index >= 15 is 0 Å². The van der Waals surface area contributed by atoms with Crippen LogP contribution >= 0.6 is 24.0 Å². The third-order valence-corrected chi connectivity index (χ3v) is 4.41. The highest BCUT2D eigenvalue weighted by Gasteiger charge is 2.15. The van der Waals surface area contributed by atoms with Gasteiger partial charge in [-0.3, -0.25) is 9.67 Å². The van der Waals surface area contributed by atoms with Crippen LogP contribution in [0.3, 0.4) is 0 Å². The molecule has 1 heterocycles. The van der Waals surface area contributed by atoms with Crippen molar-refractivity contribution in [2.24, 2.45) is 12.0 Å². The molecule has 0 unspecified atom stereocenters. The smallest absolute Gasteiger partial charge is 0.193 e. The summed E-state index contributed by atoms with van der Waals surface area (Å²) < 4.78 is 1.89. The molecular weight excluding hydrogens is 463 g/mol. The lowest BCUT2D eigenvalue weighted by molar-refractivity contribution is 0.402. The second kappa shape index (κ2) is 11.4. The van der Waals surface area contributed by atoms with E-state index in [0.29, 0.717) is 5.92 Å². The van der Waals surface area contributed by atoms with E-state index in [4.69, 9.17) is 0 Å². The minimum absolute atomic E-state index is 0. The number of guanidine groups is 1. The summed E-state index contributed by atoms with van der Waals surface area (Å²) in [7, 11) is 10.0. The number of halogens is 1. The summed E-state index contributed by atoms with van der Waals surface area (Å²) in [5.74, 6) is 1.29. The van der Waals surface area contributed by atoms with Gasteiger partial charge in [0.25, 0.3) is 0 Å². The van der Waals surface area contributed by atoms with Gasteiger partial charge >= 0.3 is 0 Å². The Labute approximate surface area is 187 Å². The van der Waals surface area contributed by atoms with E-state index < -0.39 is 0 Å². The molecule has 1 aromatic carbocycles. The number of nitrogens with one attached hydrogen (secondary N) is 1. The van der Waals surface area contributed by atoms with Gasteiger partial charge in [0, 0.05) is 52.5 Å².